The van der Waals surface area contributed by atoms with E-state index in [9.17, 15) is 0 Å². The van der Waals surface area contributed by atoms with Gasteiger partial charge < -0.3 is 19.9 Å². The Morgan fingerprint density at radius 3 is 2.74 bits per heavy atom. The molecule has 0 aliphatic carbocycles. The van der Waals surface area contributed by atoms with Crippen LogP contribution in [-0.4, -0.2) is 36.2 Å². The fourth-order valence-corrected chi connectivity index (χ4v) is 3.16. The first-order valence-electron chi connectivity index (χ1n) is 9.12. The minimum atomic E-state index is 0.649. The summed E-state index contributed by atoms with van der Waals surface area (Å²) in [6.45, 7) is 6.32. The third-order valence-corrected chi connectivity index (χ3v) is 4.59. The number of hydrogen-bond acceptors (Lipinski definition) is 3. The number of hydrogen-bond donors (Lipinski definition) is 2. The number of rotatable bonds is 6. The van der Waals surface area contributed by atoms with Gasteiger partial charge in [-0.3, -0.25) is 4.99 Å². The van der Waals surface area contributed by atoms with Gasteiger partial charge in [0.2, 0.25) is 0 Å². The number of nitrogens with zero attached hydrogens (tertiary/aromatic N) is 3. The minimum Gasteiger partial charge on any atom is -0.496 e. The van der Waals surface area contributed by atoms with Crippen LogP contribution in [0.2, 0.25) is 0 Å². The predicted octanol–water partition coefficient (Wildman–Crippen LogP) is 3.03. The van der Waals surface area contributed by atoms with Crippen LogP contribution in [0.1, 0.15) is 17.0 Å². The Morgan fingerprint density at radius 1 is 1.15 bits per heavy atom. The average molecular weight is 365 g/mol. The summed E-state index contributed by atoms with van der Waals surface area (Å²) < 4.78 is 7.69. The number of fused-ring (bicyclic) bond motifs is 1. The molecular formula is C21H27N5O. The molecule has 1 heterocycles. The first-order valence-corrected chi connectivity index (χ1v) is 9.12. The van der Waals surface area contributed by atoms with Crippen molar-refractivity contribution in [2.45, 2.75) is 26.9 Å². The first-order chi connectivity index (χ1) is 13.1. The van der Waals surface area contributed by atoms with E-state index in [1.807, 2.05) is 31.2 Å². The maximum absolute atomic E-state index is 5.47. The summed E-state index contributed by atoms with van der Waals surface area (Å²) in [5.41, 5.74) is 4.47. The molecule has 3 rings (SSSR count). The Morgan fingerprint density at radius 2 is 1.96 bits per heavy atom. The van der Waals surface area contributed by atoms with Gasteiger partial charge >= 0.3 is 0 Å². The third-order valence-electron chi connectivity index (χ3n) is 4.59. The zero-order valence-corrected chi connectivity index (χ0v) is 16.4. The monoisotopic (exact) mass is 365 g/mol. The molecule has 0 aliphatic heterocycles. The highest BCUT2D eigenvalue weighted by molar-refractivity contribution is 5.79. The van der Waals surface area contributed by atoms with Crippen LogP contribution >= 0.6 is 0 Å². The van der Waals surface area contributed by atoms with E-state index in [-0.39, 0.29) is 0 Å². The number of ether oxygens (including phenoxy) is 1. The van der Waals surface area contributed by atoms with Crippen molar-refractivity contribution in [2.75, 3.05) is 20.7 Å². The molecule has 6 nitrogen and oxygen atoms in total. The van der Waals surface area contributed by atoms with Gasteiger partial charge in [0.25, 0.3) is 0 Å². The SMILES string of the molecule is CN=C(NCCn1c(C)nc2ccccc21)NCc1ccc(C)cc1OC. The lowest BCUT2D eigenvalue weighted by Gasteiger charge is -2.15. The van der Waals surface area contributed by atoms with Crippen molar-refractivity contribution in [2.24, 2.45) is 4.99 Å². The molecule has 0 radical (unpaired) electrons. The zero-order chi connectivity index (χ0) is 19.2. The van der Waals surface area contributed by atoms with Gasteiger partial charge in [0.15, 0.2) is 5.96 Å². The molecule has 1 aromatic heterocycles. The van der Waals surface area contributed by atoms with Gasteiger partial charge in [-0.05, 0) is 37.6 Å². The quantitative estimate of drug-likeness (QED) is 0.521. The van der Waals surface area contributed by atoms with Crippen LogP contribution in [0, 0.1) is 13.8 Å². The van der Waals surface area contributed by atoms with E-state index in [0.717, 1.165) is 47.2 Å². The highest BCUT2D eigenvalue weighted by Gasteiger charge is 2.07. The van der Waals surface area contributed by atoms with Crippen LogP contribution < -0.4 is 15.4 Å². The maximum Gasteiger partial charge on any atom is 0.191 e. The molecule has 2 N–H and O–H groups in total. The molecule has 2 aromatic carbocycles. The lowest BCUT2D eigenvalue weighted by molar-refractivity contribution is 0.408. The average Bonchev–Trinajstić information content (AvgIpc) is 3.00. The van der Waals surface area contributed by atoms with Crippen molar-refractivity contribution >= 4 is 17.0 Å². The van der Waals surface area contributed by atoms with E-state index in [1.54, 1.807) is 14.2 Å². The number of aliphatic imine (C=N–C) groups is 1. The summed E-state index contributed by atoms with van der Waals surface area (Å²) in [4.78, 5) is 8.92. The summed E-state index contributed by atoms with van der Waals surface area (Å²) >= 11 is 0. The fourth-order valence-electron chi connectivity index (χ4n) is 3.16. The standard InChI is InChI=1S/C21H27N5O/c1-15-9-10-17(20(13-15)27-4)14-24-21(22-3)23-11-12-26-16(2)25-18-7-5-6-8-19(18)26/h5-10,13H,11-12,14H2,1-4H3,(H2,22,23,24). The second-order valence-electron chi connectivity index (χ2n) is 6.47. The van der Waals surface area contributed by atoms with Gasteiger partial charge in [-0.2, -0.15) is 0 Å². The van der Waals surface area contributed by atoms with Gasteiger partial charge in [-0.1, -0.05) is 24.3 Å². The van der Waals surface area contributed by atoms with E-state index in [1.165, 1.54) is 5.56 Å². The number of methoxy groups -OCH3 is 1. The molecule has 0 bridgehead atoms. The highest BCUT2D eigenvalue weighted by atomic mass is 16.5. The van der Waals surface area contributed by atoms with Crippen molar-refractivity contribution in [3.05, 3.63) is 59.4 Å². The maximum atomic E-state index is 5.47. The Bertz CT molecular complexity index is 945. The van der Waals surface area contributed by atoms with Crippen LogP contribution in [0.15, 0.2) is 47.5 Å². The lowest BCUT2D eigenvalue weighted by Crippen LogP contribution is -2.38. The third kappa shape index (κ3) is 4.39. The largest absolute Gasteiger partial charge is 0.496 e. The first kappa shape index (κ1) is 18.8. The number of imidazole rings is 1. The molecule has 0 saturated heterocycles. The molecule has 0 spiro atoms. The Kier molecular flexibility index (Phi) is 5.96. The number of aromatic nitrogens is 2. The van der Waals surface area contributed by atoms with Crippen LogP contribution in [0.25, 0.3) is 11.0 Å². The van der Waals surface area contributed by atoms with Crippen molar-refractivity contribution in [1.29, 1.82) is 0 Å². The number of aryl methyl sites for hydroxylation is 2. The number of para-hydroxylation sites is 2. The molecule has 142 valence electrons. The van der Waals surface area contributed by atoms with Crippen LogP contribution in [0.5, 0.6) is 5.75 Å². The van der Waals surface area contributed by atoms with Crippen molar-refractivity contribution in [1.82, 2.24) is 20.2 Å². The van der Waals surface area contributed by atoms with Crippen LogP contribution in [0.4, 0.5) is 0 Å². The van der Waals surface area contributed by atoms with E-state index < -0.39 is 0 Å². The summed E-state index contributed by atoms with van der Waals surface area (Å²) in [5, 5.41) is 6.71. The van der Waals surface area contributed by atoms with Gasteiger partial charge in [0, 0.05) is 32.2 Å². The lowest BCUT2D eigenvalue weighted by atomic mass is 10.1. The molecule has 6 heteroatoms. The Hall–Kier alpha value is -3.02. The van der Waals surface area contributed by atoms with Crippen molar-refractivity contribution < 1.29 is 4.74 Å². The molecule has 27 heavy (non-hydrogen) atoms. The molecule has 0 fully saturated rings. The summed E-state index contributed by atoms with van der Waals surface area (Å²) in [7, 11) is 3.47. The van der Waals surface area contributed by atoms with Crippen molar-refractivity contribution in [3.63, 3.8) is 0 Å². The summed E-state index contributed by atoms with van der Waals surface area (Å²) in [6, 6.07) is 14.4. The smallest absolute Gasteiger partial charge is 0.191 e. The van der Waals surface area contributed by atoms with E-state index in [0.29, 0.717) is 6.54 Å². The Balaban J connectivity index is 1.57. The topological polar surface area (TPSA) is 63.5 Å². The molecule has 3 aromatic rings. The molecule has 0 atom stereocenters. The van der Waals surface area contributed by atoms with Crippen molar-refractivity contribution in [3.8, 4) is 5.75 Å². The second kappa shape index (κ2) is 8.58. The molecule has 0 amide bonds. The molecule has 0 aliphatic rings. The molecular weight excluding hydrogens is 338 g/mol. The summed E-state index contributed by atoms with van der Waals surface area (Å²) in [5.74, 6) is 2.67. The van der Waals surface area contributed by atoms with Gasteiger partial charge in [0.05, 0.1) is 18.1 Å². The Labute approximate surface area is 160 Å². The van der Waals surface area contributed by atoms with Gasteiger partial charge in [0.1, 0.15) is 11.6 Å². The molecule has 0 unspecified atom stereocenters. The number of nitrogens with one attached hydrogen (secondary N) is 2. The zero-order valence-electron chi connectivity index (χ0n) is 16.4. The second-order valence-corrected chi connectivity index (χ2v) is 6.47. The van der Waals surface area contributed by atoms with E-state index in [2.05, 4.69) is 50.3 Å². The highest BCUT2D eigenvalue weighted by Crippen LogP contribution is 2.19. The number of guanidine groups is 1. The fraction of sp³-hybridized carbons (Fsp3) is 0.333. The van der Waals surface area contributed by atoms with E-state index in [4.69, 9.17) is 4.74 Å². The van der Waals surface area contributed by atoms with Crippen LogP contribution in [0.3, 0.4) is 0 Å². The minimum absolute atomic E-state index is 0.649. The van der Waals surface area contributed by atoms with E-state index >= 15 is 0 Å². The number of benzene rings is 2. The summed E-state index contributed by atoms with van der Waals surface area (Å²) in [6.07, 6.45) is 0. The van der Waals surface area contributed by atoms with Crippen LogP contribution in [-0.2, 0) is 13.1 Å². The molecule has 0 saturated carbocycles. The predicted molar refractivity (Wildman–Crippen MR) is 110 cm³/mol. The normalized spacial score (nSPS) is 11.6. The van der Waals surface area contributed by atoms with Gasteiger partial charge in [-0.15, -0.1) is 0 Å². The van der Waals surface area contributed by atoms with Gasteiger partial charge in [-0.25, -0.2) is 4.98 Å².